The average Bonchev–Trinajstić information content (AvgIpc) is 2.43. The van der Waals surface area contributed by atoms with Gasteiger partial charge in [-0.1, -0.05) is 6.92 Å². The first-order valence-corrected chi connectivity index (χ1v) is 7.61. The molecule has 0 aliphatic carbocycles. The van der Waals surface area contributed by atoms with Crippen LogP contribution in [-0.4, -0.2) is 50.4 Å². The van der Waals surface area contributed by atoms with Crippen LogP contribution < -0.4 is 5.32 Å². The predicted molar refractivity (Wildman–Crippen MR) is 76.4 cm³/mol. The van der Waals surface area contributed by atoms with Crippen LogP contribution in [0.2, 0.25) is 0 Å². The number of rotatable bonds is 9. The van der Waals surface area contributed by atoms with Crippen LogP contribution in [0, 0.1) is 0 Å². The van der Waals surface area contributed by atoms with Crippen LogP contribution in [0.3, 0.4) is 0 Å². The number of carbonyl (C=O) groups is 1. The Balaban J connectivity index is 2.09. The summed E-state index contributed by atoms with van der Waals surface area (Å²) in [6, 6.07) is 0. The van der Waals surface area contributed by atoms with E-state index in [4.69, 9.17) is 14.2 Å². The summed E-state index contributed by atoms with van der Waals surface area (Å²) in [6.45, 7) is 3.85. The van der Waals surface area contributed by atoms with E-state index in [1.54, 1.807) is 0 Å². The van der Waals surface area contributed by atoms with Crippen molar-refractivity contribution in [2.45, 2.75) is 45.0 Å². The lowest BCUT2D eigenvalue weighted by atomic mass is 10.1. The minimum atomic E-state index is -0.150. The summed E-state index contributed by atoms with van der Waals surface area (Å²) < 4.78 is 16.6. The minimum Gasteiger partial charge on any atom is -0.369 e. The summed E-state index contributed by atoms with van der Waals surface area (Å²) in [4.78, 5) is 11.3. The van der Waals surface area contributed by atoms with Crippen LogP contribution in [0.15, 0.2) is 0 Å². The molecule has 0 saturated carbocycles. The Morgan fingerprint density at radius 1 is 1.47 bits per heavy atom. The molecule has 2 atom stereocenters. The first kappa shape index (κ1) is 16.8. The van der Waals surface area contributed by atoms with Crippen LogP contribution in [0.1, 0.15) is 32.6 Å². The molecule has 1 N–H and O–H groups in total. The molecule has 0 aromatic rings. The Morgan fingerprint density at radius 3 is 3.05 bits per heavy atom. The topological polar surface area (TPSA) is 56.8 Å². The average molecular weight is 291 g/mol. The van der Waals surface area contributed by atoms with E-state index in [9.17, 15) is 4.79 Å². The van der Waals surface area contributed by atoms with Gasteiger partial charge in [0.05, 0.1) is 19.3 Å². The van der Waals surface area contributed by atoms with E-state index in [0.29, 0.717) is 25.5 Å². The van der Waals surface area contributed by atoms with Crippen molar-refractivity contribution in [1.29, 1.82) is 0 Å². The molecule has 0 aromatic carbocycles. The molecule has 1 fully saturated rings. The molecular weight excluding hydrogens is 266 g/mol. The van der Waals surface area contributed by atoms with Crippen LogP contribution in [-0.2, 0) is 19.0 Å². The number of hydrogen-bond acceptors (Lipinski definition) is 5. The standard InChI is InChI=1S/C13H25NO4S/c1-2-6-14-12(15)10-16-9-11-4-3-5-13(18-11)17-7-8-19/h11,13,19H,2-10H2,1H3,(H,14,15). The zero-order valence-corrected chi connectivity index (χ0v) is 12.5. The van der Waals surface area contributed by atoms with Gasteiger partial charge in [-0.3, -0.25) is 4.79 Å². The van der Waals surface area contributed by atoms with Crippen LogP contribution in [0.4, 0.5) is 0 Å². The molecule has 1 aliphatic rings. The van der Waals surface area contributed by atoms with E-state index in [1.807, 2.05) is 6.92 Å². The molecule has 6 heteroatoms. The summed E-state index contributed by atoms with van der Waals surface area (Å²) in [5, 5.41) is 2.77. The molecule has 1 saturated heterocycles. The highest BCUT2D eigenvalue weighted by Crippen LogP contribution is 2.20. The zero-order valence-electron chi connectivity index (χ0n) is 11.6. The Hall–Kier alpha value is -0.300. The molecule has 2 unspecified atom stereocenters. The van der Waals surface area contributed by atoms with Gasteiger partial charge in [0.15, 0.2) is 6.29 Å². The molecular formula is C13H25NO4S. The van der Waals surface area contributed by atoms with E-state index in [0.717, 1.165) is 25.7 Å². The van der Waals surface area contributed by atoms with Crippen LogP contribution in [0.5, 0.6) is 0 Å². The van der Waals surface area contributed by atoms with Crippen molar-refractivity contribution < 1.29 is 19.0 Å². The number of thiol groups is 1. The quantitative estimate of drug-likeness (QED) is 0.630. The molecule has 1 amide bonds. The van der Waals surface area contributed by atoms with Crippen molar-refractivity contribution >= 4 is 18.5 Å². The Morgan fingerprint density at radius 2 is 2.32 bits per heavy atom. The molecule has 0 radical (unpaired) electrons. The second-order valence-electron chi connectivity index (χ2n) is 4.58. The highest BCUT2D eigenvalue weighted by Gasteiger charge is 2.22. The normalized spacial score (nSPS) is 23.3. The van der Waals surface area contributed by atoms with Crippen molar-refractivity contribution in [3.8, 4) is 0 Å². The maximum absolute atomic E-state index is 11.3. The van der Waals surface area contributed by atoms with Crippen molar-refractivity contribution in [2.75, 3.05) is 32.1 Å². The fourth-order valence-electron chi connectivity index (χ4n) is 1.89. The van der Waals surface area contributed by atoms with Gasteiger partial charge in [-0.05, 0) is 25.7 Å². The maximum atomic E-state index is 11.3. The van der Waals surface area contributed by atoms with Crippen molar-refractivity contribution in [3.63, 3.8) is 0 Å². The van der Waals surface area contributed by atoms with E-state index in [-0.39, 0.29) is 24.9 Å². The van der Waals surface area contributed by atoms with Gasteiger partial charge in [-0.2, -0.15) is 12.6 Å². The van der Waals surface area contributed by atoms with Gasteiger partial charge in [0, 0.05) is 12.3 Å². The summed E-state index contributed by atoms with van der Waals surface area (Å²) in [7, 11) is 0. The second kappa shape index (κ2) is 10.5. The molecule has 0 spiro atoms. The minimum absolute atomic E-state index is 0.0256. The lowest BCUT2D eigenvalue weighted by Crippen LogP contribution is -2.35. The van der Waals surface area contributed by atoms with Crippen molar-refractivity contribution in [2.24, 2.45) is 0 Å². The van der Waals surface area contributed by atoms with Crippen LogP contribution in [0.25, 0.3) is 0 Å². The largest absolute Gasteiger partial charge is 0.369 e. The van der Waals surface area contributed by atoms with Gasteiger partial charge in [0.2, 0.25) is 5.91 Å². The fraction of sp³-hybridized carbons (Fsp3) is 0.923. The maximum Gasteiger partial charge on any atom is 0.245 e. The number of amides is 1. The van der Waals surface area contributed by atoms with E-state index >= 15 is 0 Å². The van der Waals surface area contributed by atoms with Gasteiger partial charge in [0.1, 0.15) is 6.61 Å². The molecule has 19 heavy (non-hydrogen) atoms. The first-order valence-electron chi connectivity index (χ1n) is 6.98. The molecule has 0 aromatic heterocycles. The summed E-state index contributed by atoms with van der Waals surface area (Å²) in [6.07, 6.45) is 3.74. The summed E-state index contributed by atoms with van der Waals surface area (Å²) in [5.41, 5.74) is 0. The zero-order chi connectivity index (χ0) is 13.9. The van der Waals surface area contributed by atoms with Crippen molar-refractivity contribution in [1.82, 2.24) is 5.32 Å². The second-order valence-corrected chi connectivity index (χ2v) is 5.03. The number of carbonyl (C=O) groups excluding carboxylic acids is 1. The number of nitrogens with one attached hydrogen (secondary N) is 1. The third-order valence-electron chi connectivity index (χ3n) is 2.81. The lowest BCUT2D eigenvalue weighted by Gasteiger charge is -2.29. The van der Waals surface area contributed by atoms with Crippen LogP contribution >= 0.6 is 12.6 Å². The molecule has 1 heterocycles. The van der Waals surface area contributed by atoms with Gasteiger partial charge >= 0.3 is 0 Å². The third-order valence-corrected chi connectivity index (χ3v) is 3.00. The molecule has 0 bridgehead atoms. The van der Waals surface area contributed by atoms with E-state index in [2.05, 4.69) is 17.9 Å². The summed E-state index contributed by atoms with van der Waals surface area (Å²) >= 11 is 4.10. The van der Waals surface area contributed by atoms with Crippen molar-refractivity contribution in [3.05, 3.63) is 0 Å². The smallest absolute Gasteiger partial charge is 0.245 e. The van der Waals surface area contributed by atoms with E-state index < -0.39 is 0 Å². The van der Waals surface area contributed by atoms with Gasteiger partial charge in [-0.15, -0.1) is 0 Å². The van der Waals surface area contributed by atoms with E-state index in [1.165, 1.54) is 0 Å². The molecule has 5 nitrogen and oxygen atoms in total. The Labute approximate surface area is 120 Å². The Kier molecular flexibility index (Phi) is 9.24. The molecule has 112 valence electrons. The Bertz CT molecular complexity index is 253. The summed E-state index contributed by atoms with van der Waals surface area (Å²) in [5.74, 6) is 0.624. The molecule has 1 aliphatic heterocycles. The van der Waals surface area contributed by atoms with Gasteiger partial charge < -0.3 is 19.5 Å². The van der Waals surface area contributed by atoms with Gasteiger partial charge in [-0.25, -0.2) is 0 Å². The molecule has 1 rings (SSSR count). The lowest BCUT2D eigenvalue weighted by molar-refractivity contribution is -0.201. The number of ether oxygens (including phenoxy) is 3. The predicted octanol–water partition coefficient (Wildman–Crippen LogP) is 1.37. The third kappa shape index (κ3) is 7.77. The highest BCUT2D eigenvalue weighted by molar-refractivity contribution is 7.80. The highest BCUT2D eigenvalue weighted by atomic mass is 32.1. The fourth-order valence-corrected chi connectivity index (χ4v) is 2.00. The van der Waals surface area contributed by atoms with Gasteiger partial charge in [0.25, 0.3) is 0 Å². The number of hydrogen-bond donors (Lipinski definition) is 2. The monoisotopic (exact) mass is 291 g/mol. The first-order chi connectivity index (χ1) is 9.26. The SMILES string of the molecule is CCCNC(=O)COCC1CCCC(OCCS)O1.